The summed E-state index contributed by atoms with van der Waals surface area (Å²) in [5.74, 6) is -4.88. The fraction of sp³-hybridized carbons (Fsp3) is 0.294. The minimum Gasteiger partial charge on any atom is -0.504 e. The van der Waals surface area contributed by atoms with Crippen LogP contribution in [0.5, 0.6) is 11.5 Å². The van der Waals surface area contributed by atoms with Crippen molar-refractivity contribution < 1.29 is 39.1 Å². The molecule has 11 heteroatoms. The van der Waals surface area contributed by atoms with Crippen molar-refractivity contribution in [3.8, 4) is 11.5 Å². The number of methoxy groups -OCH3 is 1. The molecule has 0 radical (unpaired) electrons. The van der Waals surface area contributed by atoms with E-state index in [0.717, 1.165) is 10.5 Å². The number of carbonyl (C=O) groups excluding carboxylic acids is 4. The van der Waals surface area contributed by atoms with Crippen LogP contribution in [0.4, 0.5) is 11.4 Å². The predicted octanol–water partition coefficient (Wildman–Crippen LogP) is 2.52. The van der Waals surface area contributed by atoms with Crippen LogP contribution in [0.15, 0.2) is 84.4 Å². The van der Waals surface area contributed by atoms with E-state index in [-0.39, 0.29) is 47.3 Å². The molecule has 3 aromatic carbocycles. The minimum absolute atomic E-state index is 0.118. The van der Waals surface area contributed by atoms with Crippen LogP contribution >= 0.6 is 0 Å². The SMILES string of the molecule is COc1ccc([C@H]2C3=CC[C@@H]4C(=O)N(c5cccc(B(O)O)c5)C(=O)[C@@H]4[C@@H]3C[C@H]3C(=O)N(c4ccccc4)C(=O)[C@@]23C)cc1O. The number of phenolic OH excluding ortho intramolecular Hbond substituents is 1. The van der Waals surface area contributed by atoms with Crippen LogP contribution in [-0.4, -0.2) is 53.0 Å². The van der Waals surface area contributed by atoms with Gasteiger partial charge in [-0.25, -0.2) is 4.90 Å². The molecule has 1 saturated carbocycles. The fourth-order valence-electron chi connectivity index (χ4n) is 8.18. The van der Waals surface area contributed by atoms with Gasteiger partial charge < -0.3 is 19.9 Å². The fourth-order valence-corrected chi connectivity index (χ4v) is 8.18. The van der Waals surface area contributed by atoms with Gasteiger partial charge in [0.25, 0.3) is 0 Å². The number of nitrogens with zero attached hydrogens (tertiary/aromatic N) is 2. The number of amides is 4. The standard InChI is InChI=1S/C34H31BN2O8/c1-34-25(31(40)37(33(34)42)20-8-4-3-5-9-20)17-24-22(29(34)18-11-14-27(45-2)26(38)15-18)12-13-23-28(24)32(41)36(30(23)39)21-10-6-7-19(16-21)35(43)44/h3-12,14-16,23-25,28-29,38,43-44H,13,17H2,1-2H3/t23-,24+,25-,28-,29-,34+/m0/s1. The van der Waals surface area contributed by atoms with E-state index in [1.165, 1.54) is 24.1 Å². The van der Waals surface area contributed by atoms with Crippen molar-refractivity contribution in [2.24, 2.45) is 29.1 Å². The molecule has 2 saturated heterocycles. The number of phenols is 1. The van der Waals surface area contributed by atoms with Crippen LogP contribution in [-0.2, 0) is 19.2 Å². The number of rotatable bonds is 5. The predicted molar refractivity (Wildman–Crippen MR) is 164 cm³/mol. The number of allylic oxidation sites excluding steroid dienone is 2. The van der Waals surface area contributed by atoms with E-state index >= 15 is 0 Å². The van der Waals surface area contributed by atoms with Gasteiger partial charge in [0.15, 0.2) is 11.5 Å². The number of carbonyl (C=O) groups is 4. The molecule has 7 rings (SSSR count). The number of hydrogen-bond acceptors (Lipinski definition) is 8. The normalized spacial score (nSPS) is 28.9. The van der Waals surface area contributed by atoms with Crippen LogP contribution in [0.2, 0.25) is 0 Å². The largest absolute Gasteiger partial charge is 0.504 e. The molecular weight excluding hydrogens is 575 g/mol. The summed E-state index contributed by atoms with van der Waals surface area (Å²) < 4.78 is 5.27. The lowest BCUT2D eigenvalue weighted by Gasteiger charge is -2.49. The second kappa shape index (κ2) is 10.4. The van der Waals surface area contributed by atoms with Crippen LogP contribution in [0, 0.1) is 29.1 Å². The molecule has 45 heavy (non-hydrogen) atoms. The van der Waals surface area contributed by atoms with Crippen molar-refractivity contribution >= 4 is 47.6 Å². The topological polar surface area (TPSA) is 145 Å². The first-order valence-corrected chi connectivity index (χ1v) is 14.9. The van der Waals surface area contributed by atoms with E-state index in [1.807, 2.05) is 6.08 Å². The van der Waals surface area contributed by atoms with Gasteiger partial charge in [-0.05, 0) is 73.1 Å². The number of fused-ring (bicyclic) bond motifs is 4. The average Bonchev–Trinajstić information content (AvgIpc) is 3.40. The second-order valence-electron chi connectivity index (χ2n) is 12.4. The molecule has 2 heterocycles. The highest BCUT2D eigenvalue weighted by molar-refractivity contribution is 6.58. The molecule has 3 aromatic rings. The summed E-state index contributed by atoms with van der Waals surface area (Å²) in [6.45, 7) is 1.79. The molecule has 0 bridgehead atoms. The Morgan fingerprint density at radius 1 is 0.844 bits per heavy atom. The van der Waals surface area contributed by atoms with Crippen LogP contribution in [0.25, 0.3) is 0 Å². The van der Waals surface area contributed by atoms with Gasteiger partial charge in [0.2, 0.25) is 23.6 Å². The Morgan fingerprint density at radius 2 is 1.58 bits per heavy atom. The maximum atomic E-state index is 14.4. The molecule has 4 amide bonds. The number of hydrogen-bond donors (Lipinski definition) is 3. The molecule has 6 atom stereocenters. The van der Waals surface area contributed by atoms with Crippen molar-refractivity contribution in [1.29, 1.82) is 0 Å². The van der Waals surface area contributed by atoms with Crippen molar-refractivity contribution in [1.82, 2.24) is 0 Å². The van der Waals surface area contributed by atoms with Gasteiger partial charge >= 0.3 is 7.12 Å². The van der Waals surface area contributed by atoms with E-state index in [2.05, 4.69) is 0 Å². The van der Waals surface area contributed by atoms with E-state index in [9.17, 15) is 34.3 Å². The first-order chi connectivity index (χ1) is 21.6. The highest BCUT2D eigenvalue weighted by Crippen LogP contribution is 2.64. The first-order valence-electron chi connectivity index (χ1n) is 14.9. The minimum atomic E-state index is -1.77. The summed E-state index contributed by atoms with van der Waals surface area (Å²) in [6, 6.07) is 19.7. The van der Waals surface area contributed by atoms with Crippen LogP contribution < -0.4 is 20.0 Å². The van der Waals surface area contributed by atoms with Crippen molar-refractivity contribution in [2.75, 3.05) is 16.9 Å². The van der Waals surface area contributed by atoms with Gasteiger partial charge in [0.1, 0.15) is 0 Å². The second-order valence-corrected chi connectivity index (χ2v) is 12.4. The Morgan fingerprint density at radius 3 is 2.27 bits per heavy atom. The average molecular weight is 606 g/mol. The highest BCUT2D eigenvalue weighted by atomic mass is 16.5. The third kappa shape index (κ3) is 4.10. The molecule has 0 aromatic heterocycles. The van der Waals surface area contributed by atoms with E-state index < -0.39 is 53.9 Å². The zero-order valence-electron chi connectivity index (χ0n) is 24.7. The summed E-state index contributed by atoms with van der Waals surface area (Å²) in [5, 5.41) is 30.2. The molecule has 2 aliphatic carbocycles. The quantitative estimate of drug-likeness (QED) is 0.228. The Labute approximate surface area is 259 Å². The number of imide groups is 2. The van der Waals surface area contributed by atoms with Gasteiger partial charge in [-0.3, -0.25) is 24.1 Å². The molecule has 10 nitrogen and oxygen atoms in total. The third-order valence-corrected chi connectivity index (χ3v) is 10.3. The number of benzene rings is 3. The molecule has 4 aliphatic rings. The molecule has 0 unspecified atom stereocenters. The summed E-state index contributed by atoms with van der Waals surface area (Å²) in [6.07, 6.45) is 2.38. The lowest BCUT2D eigenvalue weighted by Crippen LogP contribution is -2.48. The van der Waals surface area contributed by atoms with Crippen molar-refractivity contribution in [2.45, 2.75) is 25.7 Å². The maximum absolute atomic E-state index is 14.4. The third-order valence-electron chi connectivity index (χ3n) is 10.3. The Balaban J connectivity index is 1.36. The highest BCUT2D eigenvalue weighted by Gasteiger charge is 2.67. The molecular formula is C34H31BN2O8. The van der Waals surface area contributed by atoms with E-state index in [1.54, 1.807) is 67.6 Å². The summed E-state index contributed by atoms with van der Waals surface area (Å²) in [4.78, 5) is 59.0. The van der Waals surface area contributed by atoms with Gasteiger partial charge in [-0.15, -0.1) is 0 Å². The molecule has 3 N–H and O–H groups in total. The molecule has 2 aliphatic heterocycles. The van der Waals surface area contributed by atoms with Crippen LogP contribution in [0.1, 0.15) is 31.2 Å². The Bertz CT molecular complexity index is 1790. The Hall–Kier alpha value is -4.74. The van der Waals surface area contributed by atoms with E-state index in [4.69, 9.17) is 4.74 Å². The maximum Gasteiger partial charge on any atom is 0.488 e. The summed E-state index contributed by atoms with van der Waals surface area (Å²) in [5.41, 5.74) is 0.998. The number of anilines is 2. The first kappa shape index (κ1) is 29.0. The van der Waals surface area contributed by atoms with Crippen molar-refractivity contribution in [3.63, 3.8) is 0 Å². The van der Waals surface area contributed by atoms with Gasteiger partial charge in [0, 0.05) is 5.92 Å². The van der Waals surface area contributed by atoms with Gasteiger partial charge in [-0.1, -0.05) is 48.0 Å². The molecule has 0 spiro atoms. The number of aromatic hydroxyl groups is 1. The monoisotopic (exact) mass is 606 g/mol. The molecule has 3 fully saturated rings. The smallest absolute Gasteiger partial charge is 0.488 e. The summed E-state index contributed by atoms with van der Waals surface area (Å²) in [7, 11) is -0.334. The van der Waals surface area contributed by atoms with Crippen LogP contribution in [0.3, 0.4) is 0 Å². The van der Waals surface area contributed by atoms with Gasteiger partial charge in [0.05, 0.1) is 41.7 Å². The number of ether oxygens (including phenoxy) is 1. The summed E-state index contributed by atoms with van der Waals surface area (Å²) >= 11 is 0. The van der Waals surface area contributed by atoms with E-state index in [0.29, 0.717) is 11.3 Å². The lowest BCUT2D eigenvalue weighted by molar-refractivity contribution is -0.131. The Kier molecular flexibility index (Phi) is 6.72. The van der Waals surface area contributed by atoms with Gasteiger partial charge in [-0.2, -0.15) is 0 Å². The zero-order chi connectivity index (χ0) is 31.8. The zero-order valence-corrected chi connectivity index (χ0v) is 24.7. The number of para-hydroxylation sites is 1. The lowest BCUT2D eigenvalue weighted by atomic mass is 9.51. The van der Waals surface area contributed by atoms with Crippen molar-refractivity contribution in [3.05, 3.63) is 90.0 Å². The molecule has 228 valence electrons.